The molecular weight excluding hydrogens is 252 g/mol. The van der Waals surface area contributed by atoms with Gasteiger partial charge in [0.05, 0.1) is 20.4 Å². The van der Waals surface area contributed by atoms with E-state index in [1.165, 1.54) is 0 Å². The third-order valence-electron chi connectivity index (χ3n) is 2.73. The lowest BCUT2D eigenvalue weighted by Crippen LogP contribution is -2.30. The third kappa shape index (κ3) is 2.20. The number of rotatable bonds is 5. The summed E-state index contributed by atoms with van der Waals surface area (Å²) in [4.78, 5) is 1.04. The van der Waals surface area contributed by atoms with Gasteiger partial charge in [0.2, 0.25) is 0 Å². The number of methoxy groups -OCH3 is 2. The molecule has 2 aromatic heterocycles. The number of aromatic nitrogens is 2. The van der Waals surface area contributed by atoms with Crippen LogP contribution >= 0.6 is 11.3 Å². The van der Waals surface area contributed by atoms with Crippen molar-refractivity contribution in [2.75, 3.05) is 14.2 Å². The molecule has 0 aliphatic rings. The van der Waals surface area contributed by atoms with Crippen molar-refractivity contribution in [1.29, 1.82) is 0 Å². The van der Waals surface area contributed by atoms with Crippen LogP contribution in [0, 0.1) is 0 Å². The first-order valence-electron chi connectivity index (χ1n) is 5.35. The molecule has 0 aliphatic carbocycles. The van der Waals surface area contributed by atoms with Gasteiger partial charge in [-0.3, -0.25) is 10.5 Å². The summed E-state index contributed by atoms with van der Waals surface area (Å²) in [5.74, 6) is 7.18. The SMILES string of the molecule is COc1csc(C(NN)c2c(OC)cnn2C)c1. The molecule has 0 amide bonds. The minimum absolute atomic E-state index is 0.179. The number of hydrazine groups is 1. The lowest BCUT2D eigenvalue weighted by molar-refractivity contribution is 0.401. The van der Waals surface area contributed by atoms with Crippen LogP contribution in [0.15, 0.2) is 17.6 Å². The largest absolute Gasteiger partial charge is 0.496 e. The highest BCUT2D eigenvalue weighted by molar-refractivity contribution is 7.10. The number of nitrogens with zero attached hydrogens (tertiary/aromatic N) is 2. The highest BCUT2D eigenvalue weighted by Gasteiger charge is 2.23. The Morgan fingerprint density at radius 3 is 2.78 bits per heavy atom. The van der Waals surface area contributed by atoms with Gasteiger partial charge in [-0.25, -0.2) is 5.43 Å². The summed E-state index contributed by atoms with van der Waals surface area (Å²) in [6.45, 7) is 0. The molecule has 0 aliphatic heterocycles. The Morgan fingerprint density at radius 2 is 2.22 bits per heavy atom. The van der Waals surface area contributed by atoms with Gasteiger partial charge >= 0.3 is 0 Å². The van der Waals surface area contributed by atoms with Crippen LogP contribution < -0.4 is 20.7 Å². The van der Waals surface area contributed by atoms with E-state index in [9.17, 15) is 0 Å². The molecular formula is C11H16N4O2S. The van der Waals surface area contributed by atoms with Crippen molar-refractivity contribution in [1.82, 2.24) is 15.2 Å². The monoisotopic (exact) mass is 268 g/mol. The van der Waals surface area contributed by atoms with Gasteiger partial charge in [-0.1, -0.05) is 0 Å². The van der Waals surface area contributed by atoms with Crippen molar-refractivity contribution < 1.29 is 9.47 Å². The van der Waals surface area contributed by atoms with Crippen LogP contribution in [0.25, 0.3) is 0 Å². The molecule has 0 saturated heterocycles. The van der Waals surface area contributed by atoms with Crippen molar-refractivity contribution in [3.63, 3.8) is 0 Å². The molecule has 98 valence electrons. The number of hydrogen-bond donors (Lipinski definition) is 2. The Labute approximate surface area is 109 Å². The van der Waals surface area contributed by atoms with E-state index in [0.717, 1.165) is 16.3 Å². The molecule has 1 atom stereocenters. The predicted molar refractivity (Wildman–Crippen MR) is 69.8 cm³/mol. The summed E-state index contributed by atoms with van der Waals surface area (Å²) >= 11 is 1.57. The third-order valence-corrected chi connectivity index (χ3v) is 3.70. The molecule has 0 bridgehead atoms. The van der Waals surface area contributed by atoms with Gasteiger partial charge in [-0.15, -0.1) is 11.3 Å². The molecule has 0 spiro atoms. The smallest absolute Gasteiger partial charge is 0.162 e. The molecule has 2 heterocycles. The van der Waals surface area contributed by atoms with Gasteiger partial charge in [0.15, 0.2) is 5.75 Å². The Bertz CT molecular complexity index is 523. The summed E-state index contributed by atoms with van der Waals surface area (Å²) in [6.07, 6.45) is 1.67. The summed E-state index contributed by atoms with van der Waals surface area (Å²) in [6, 6.07) is 1.77. The van der Waals surface area contributed by atoms with Crippen LogP contribution in [0.3, 0.4) is 0 Å². The van der Waals surface area contributed by atoms with Crippen molar-refractivity contribution in [3.8, 4) is 11.5 Å². The molecule has 3 N–H and O–H groups in total. The van der Waals surface area contributed by atoms with E-state index in [1.54, 1.807) is 36.4 Å². The number of thiophene rings is 1. The summed E-state index contributed by atoms with van der Waals surface area (Å²) in [5.41, 5.74) is 3.67. The number of nitrogens with one attached hydrogen (secondary N) is 1. The van der Waals surface area contributed by atoms with E-state index in [1.807, 2.05) is 18.5 Å². The second-order valence-electron chi connectivity index (χ2n) is 3.71. The van der Waals surface area contributed by atoms with E-state index in [4.69, 9.17) is 15.3 Å². The molecule has 0 aromatic carbocycles. The Morgan fingerprint density at radius 1 is 1.44 bits per heavy atom. The molecule has 6 nitrogen and oxygen atoms in total. The van der Waals surface area contributed by atoms with Crippen molar-refractivity contribution in [3.05, 3.63) is 28.2 Å². The van der Waals surface area contributed by atoms with E-state index in [0.29, 0.717) is 5.75 Å². The fraction of sp³-hybridized carbons (Fsp3) is 0.364. The summed E-state index contributed by atoms with van der Waals surface area (Å²) < 4.78 is 12.2. The Hall–Kier alpha value is -1.57. The van der Waals surface area contributed by atoms with E-state index in [-0.39, 0.29) is 6.04 Å². The molecule has 0 fully saturated rings. The van der Waals surface area contributed by atoms with Crippen LogP contribution in [0.5, 0.6) is 11.5 Å². The van der Waals surface area contributed by atoms with Crippen LogP contribution in [0.1, 0.15) is 16.6 Å². The summed E-state index contributed by atoms with van der Waals surface area (Å²) in [5, 5.41) is 6.11. The van der Waals surface area contributed by atoms with Crippen LogP contribution in [0.4, 0.5) is 0 Å². The fourth-order valence-corrected chi connectivity index (χ4v) is 2.72. The van der Waals surface area contributed by atoms with E-state index < -0.39 is 0 Å². The number of aryl methyl sites for hydroxylation is 1. The van der Waals surface area contributed by atoms with Gasteiger partial charge in [-0.2, -0.15) is 5.10 Å². The molecule has 1 unspecified atom stereocenters. The van der Waals surface area contributed by atoms with Crippen LogP contribution in [-0.2, 0) is 7.05 Å². The molecule has 2 rings (SSSR count). The Balaban J connectivity index is 2.41. The van der Waals surface area contributed by atoms with E-state index >= 15 is 0 Å². The van der Waals surface area contributed by atoms with E-state index in [2.05, 4.69) is 10.5 Å². The topological polar surface area (TPSA) is 74.3 Å². The molecule has 0 radical (unpaired) electrons. The molecule has 2 aromatic rings. The first-order chi connectivity index (χ1) is 8.71. The maximum absolute atomic E-state index is 5.66. The fourth-order valence-electron chi connectivity index (χ4n) is 1.80. The number of ether oxygens (including phenoxy) is 2. The maximum atomic E-state index is 5.66. The zero-order chi connectivity index (χ0) is 13.1. The van der Waals surface area contributed by atoms with Gasteiger partial charge in [0.25, 0.3) is 0 Å². The molecule has 18 heavy (non-hydrogen) atoms. The highest BCUT2D eigenvalue weighted by Crippen LogP contribution is 2.34. The average Bonchev–Trinajstić information content (AvgIpc) is 2.99. The minimum Gasteiger partial charge on any atom is -0.496 e. The Kier molecular flexibility index (Phi) is 3.85. The number of nitrogens with two attached hydrogens (primary N) is 1. The molecule has 7 heteroatoms. The quantitative estimate of drug-likeness (QED) is 0.626. The van der Waals surface area contributed by atoms with Gasteiger partial charge in [0.1, 0.15) is 17.5 Å². The van der Waals surface area contributed by atoms with Crippen molar-refractivity contribution in [2.45, 2.75) is 6.04 Å². The van der Waals surface area contributed by atoms with Crippen LogP contribution in [-0.4, -0.2) is 24.0 Å². The van der Waals surface area contributed by atoms with Crippen LogP contribution in [0.2, 0.25) is 0 Å². The first kappa shape index (κ1) is 12.9. The first-order valence-corrected chi connectivity index (χ1v) is 6.23. The minimum atomic E-state index is -0.179. The van der Waals surface area contributed by atoms with Gasteiger partial charge < -0.3 is 9.47 Å². The molecule has 0 saturated carbocycles. The predicted octanol–water partition coefficient (Wildman–Crippen LogP) is 1.05. The lowest BCUT2D eigenvalue weighted by Gasteiger charge is -2.16. The normalized spacial score (nSPS) is 12.4. The van der Waals surface area contributed by atoms with Crippen molar-refractivity contribution in [2.24, 2.45) is 12.9 Å². The maximum Gasteiger partial charge on any atom is 0.162 e. The van der Waals surface area contributed by atoms with Crippen molar-refractivity contribution >= 4 is 11.3 Å². The van der Waals surface area contributed by atoms with Gasteiger partial charge in [0, 0.05) is 17.3 Å². The number of hydrogen-bond acceptors (Lipinski definition) is 6. The highest BCUT2D eigenvalue weighted by atomic mass is 32.1. The average molecular weight is 268 g/mol. The zero-order valence-electron chi connectivity index (χ0n) is 10.5. The summed E-state index contributed by atoms with van der Waals surface area (Å²) in [7, 11) is 5.11. The second kappa shape index (κ2) is 5.38. The standard InChI is InChI=1S/C11H16N4O2S/c1-15-11(8(17-3)5-13-15)10(14-12)9-4-7(16-2)6-18-9/h4-6,10,14H,12H2,1-3H3. The second-order valence-corrected chi connectivity index (χ2v) is 4.65. The zero-order valence-corrected chi connectivity index (χ0v) is 11.3. The lowest BCUT2D eigenvalue weighted by atomic mass is 10.1. The van der Waals surface area contributed by atoms with Gasteiger partial charge in [-0.05, 0) is 6.07 Å².